The highest BCUT2D eigenvalue weighted by Crippen LogP contribution is 2.37. The number of halogens is 3. The Morgan fingerprint density at radius 2 is 1.90 bits per heavy atom. The van der Waals surface area contributed by atoms with Crippen LogP contribution >= 0.6 is 0 Å². The lowest BCUT2D eigenvalue weighted by atomic mass is 10.2. The van der Waals surface area contributed by atoms with E-state index >= 15 is 0 Å². The highest BCUT2D eigenvalue weighted by molar-refractivity contribution is 5.42. The van der Waals surface area contributed by atoms with Crippen molar-refractivity contribution >= 4 is 5.82 Å². The third-order valence-electron chi connectivity index (χ3n) is 2.73. The summed E-state index contributed by atoms with van der Waals surface area (Å²) in [6, 6.07) is 6.47. The van der Waals surface area contributed by atoms with E-state index in [1.54, 1.807) is 7.05 Å². The number of hydrogen-bond acceptors (Lipinski definition) is 4. The number of para-hydroxylation sites is 1. The van der Waals surface area contributed by atoms with Crippen molar-refractivity contribution in [2.24, 2.45) is 0 Å². The van der Waals surface area contributed by atoms with Gasteiger partial charge >= 0.3 is 6.18 Å². The van der Waals surface area contributed by atoms with E-state index in [1.807, 2.05) is 6.92 Å². The van der Waals surface area contributed by atoms with E-state index < -0.39 is 11.7 Å². The third-order valence-corrected chi connectivity index (χ3v) is 2.73. The van der Waals surface area contributed by atoms with Crippen molar-refractivity contribution in [1.82, 2.24) is 9.97 Å². The number of nitrogens with one attached hydrogen (secondary N) is 1. The van der Waals surface area contributed by atoms with Crippen molar-refractivity contribution in [2.75, 3.05) is 12.4 Å². The maximum Gasteiger partial charge on any atom is 0.419 e. The smallest absolute Gasteiger partial charge is 0.419 e. The summed E-state index contributed by atoms with van der Waals surface area (Å²) in [7, 11) is 1.66. The number of nitrogens with zero attached hydrogens (tertiary/aromatic N) is 2. The fourth-order valence-electron chi connectivity index (χ4n) is 1.71. The van der Waals surface area contributed by atoms with Crippen LogP contribution < -0.4 is 10.1 Å². The first kappa shape index (κ1) is 15.1. The Balaban J connectivity index is 2.39. The monoisotopic (exact) mass is 297 g/mol. The quantitative estimate of drug-likeness (QED) is 0.930. The summed E-state index contributed by atoms with van der Waals surface area (Å²) < 4.78 is 44.1. The van der Waals surface area contributed by atoms with Gasteiger partial charge in [-0.25, -0.2) is 4.98 Å². The molecule has 0 aliphatic heterocycles. The minimum absolute atomic E-state index is 0.0721. The van der Waals surface area contributed by atoms with Gasteiger partial charge in [-0.3, -0.25) is 0 Å². The van der Waals surface area contributed by atoms with Gasteiger partial charge in [-0.05, 0) is 12.1 Å². The zero-order valence-corrected chi connectivity index (χ0v) is 11.5. The predicted molar refractivity (Wildman–Crippen MR) is 72.5 cm³/mol. The van der Waals surface area contributed by atoms with Crippen molar-refractivity contribution in [2.45, 2.75) is 19.5 Å². The molecule has 1 aromatic heterocycles. The zero-order valence-electron chi connectivity index (χ0n) is 11.5. The van der Waals surface area contributed by atoms with Crippen molar-refractivity contribution in [3.05, 3.63) is 41.7 Å². The molecule has 0 atom stereocenters. The molecule has 0 saturated heterocycles. The number of alkyl halides is 3. The van der Waals surface area contributed by atoms with Gasteiger partial charge in [-0.2, -0.15) is 18.2 Å². The van der Waals surface area contributed by atoms with Crippen LogP contribution in [-0.4, -0.2) is 17.0 Å². The maximum absolute atomic E-state index is 12.9. The molecule has 0 saturated carbocycles. The van der Waals surface area contributed by atoms with Crippen LogP contribution in [0.2, 0.25) is 0 Å². The Labute approximate surface area is 120 Å². The lowest BCUT2D eigenvalue weighted by Crippen LogP contribution is -2.08. The second-order valence-corrected chi connectivity index (χ2v) is 4.21. The summed E-state index contributed by atoms with van der Waals surface area (Å²) in [6.07, 6.45) is -3.93. The Hall–Kier alpha value is -2.31. The van der Waals surface area contributed by atoms with E-state index in [2.05, 4.69) is 15.3 Å². The molecule has 1 N–H and O–H groups in total. The largest absolute Gasteiger partial charge is 0.438 e. The first-order chi connectivity index (χ1) is 9.94. The summed E-state index contributed by atoms with van der Waals surface area (Å²) in [5.74, 6) is 0.762. The lowest BCUT2D eigenvalue weighted by Gasteiger charge is -2.13. The highest BCUT2D eigenvalue weighted by Gasteiger charge is 2.34. The maximum atomic E-state index is 12.9. The molecule has 7 heteroatoms. The average molecular weight is 297 g/mol. The molecule has 4 nitrogen and oxygen atoms in total. The fraction of sp³-hybridized carbons (Fsp3) is 0.286. The summed E-state index contributed by atoms with van der Waals surface area (Å²) in [5.41, 5.74) is -0.840. The average Bonchev–Trinajstić information content (AvgIpc) is 2.46. The van der Waals surface area contributed by atoms with Crippen LogP contribution in [0.3, 0.4) is 0 Å². The fourth-order valence-corrected chi connectivity index (χ4v) is 1.71. The second-order valence-electron chi connectivity index (χ2n) is 4.21. The standard InChI is InChI=1S/C14H14F3N3O/c1-3-11-19-12(18-2)8-13(20-11)21-10-7-5-4-6-9(10)14(15,16)17/h4-8H,3H2,1-2H3,(H,18,19,20). The van der Waals surface area contributed by atoms with Gasteiger partial charge in [0.1, 0.15) is 17.4 Å². The van der Waals surface area contributed by atoms with Crippen molar-refractivity contribution in [3.8, 4) is 11.6 Å². The highest BCUT2D eigenvalue weighted by atomic mass is 19.4. The molecule has 2 rings (SSSR count). The van der Waals surface area contributed by atoms with Crippen molar-refractivity contribution < 1.29 is 17.9 Å². The first-order valence-corrected chi connectivity index (χ1v) is 6.33. The molecule has 0 amide bonds. The number of rotatable bonds is 4. The minimum atomic E-state index is -4.48. The number of hydrogen-bond donors (Lipinski definition) is 1. The second kappa shape index (κ2) is 5.99. The van der Waals surface area contributed by atoms with Gasteiger partial charge in [0.2, 0.25) is 5.88 Å². The molecule has 112 valence electrons. The Bertz CT molecular complexity index is 607. The van der Waals surface area contributed by atoms with Gasteiger partial charge in [0, 0.05) is 19.5 Å². The predicted octanol–water partition coefficient (Wildman–Crippen LogP) is 3.89. The van der Waals surface area contributed by atoms with E-state index in [9.17, 15) is 13.2 Å². The van der Waals surface area contributed by atoms with Gasteiger partial charge in [0.05, 0.1) is 5.56 Å². The molecule has 2 aromatic rings. The summed E-state index contributed by atoms with van der Waals surface area (Å²) in [5, 5.41) is 2.82. The van der Waals surface area contributed by atoms with Crippen LogP contribution in [0.25, 0.3) is 0 Å². The van der Waals surface area contributed by atoms with Gasteiger partial charge < -0.3 is 10.1 Å². The third kappa shape index (κ3) is 3.62. The van der Waals surface area contributed by atoms with E-state index in [4.69, 9.17) is 4.74 Å². The minimum Gasteiger partial charge on any atom is -0.438 e. The van der Waals surface area contributed by atoms with Gasteiger partial charge in [-0.15, -0.1) is 0 Å². The van der Waals surface area contributed by atoms with Gasteiger partial charge in [-0.1, -0.05) is 19.1 Å². The van der Waals surface area contributed by atoms with Crippen molar-refractivity contribution in [3.63, 3.8) is 0 Å². The topological polar surface area (TPSA) is 47.0 Å². The Morgan fingerprint density at radius 1 is 1.19 bits per heavy atom. The molecular formula is C14H14F3N3O. The lowest BCUT2D eigenvalue weighted by molar-refractivity contribution is -0.138. The Kier molecular flexibility index (Phi) is 4.30. The molecule has 0 spiro atoms. The number of ether oxygens (including phenoxy) is 1. The molecule has 0 unspecified atom stereocenters. The molecule has 1 heterocycles. The summed E-state index contributed by atoms with van der Waals surface area (Å²) >= 11 is 0. The molecule has 0 radical (unpaired) electrons. The first-order valence-electron chi connectivity index (χ1n) is 6.33. The van der Waals surface area contributed by atoms with Crippen molar-refractivity contribution in [1.29, 1.82) is 0 Å². The normalized spacial score (nSPS) is 11.3. The molecule has 1 aromatic carbocycles. The van der Waals surface area contributed by atoms with Crippen LogP contribution in [0, 0.1) is 0 Å². The van der Waals surface area contributed by atoms with E-state index in [0.717, 1.165) is 6.07 Å². The molecular weight excluding hydrogens is 283 g/mol. The zero-order chi connectivity index (χ0) is 15.5. The Morgan fingerprint density at radius 3 is 2.52 bits per heavy atom. The molecule has 0 bridgehead atoms. The van der Waals surface area contributed by atoms with Crippen LogP contribution in [-0.2, 0) is 12.6 Å². The molecule has 0 aliphatic rings. The van der Waals surface area contributed by atoms with Gasteiger partial charge in [0.15, 0.2) is 0 Å². The van der Waals surface area contributed by atoms with E-state index in [1.165, 1.54) is 24.3 Å². The summed E-state index contributed by atoms with van der Waals surface area (Å²) in [4.78, 5) is 8.24. The molecule has 21 heavy (non-hydrogen) atoms. The van der Waals surface area contributed by atoms with Crippen LogP contribution in [0.1, 0.15) is 18.3 Å². The number of benzene rings is 1. The number of aryl methyl sites for hydroxylation is 1. The van der Waals surface area contributed by atoms with Gasteiger partial charge in [0.25, 0.3) is 0 Å². The summed E-state index contributed by atoms with van der Waals surface area (Å²) in [6.45, 7) is 1.85. The van der Waals surface area contributed by atoms with E-state index in [0.29, 0.717) is 18.1 Å². The van der Waals surface area contributed by atoms with Crippen LogP contribution in [0.15, 0.2) is 30.3 Å². The SMILES string of the molecule is CCc1nc(NC)cc(Oc2ccccc2C(F)(F)F)n1. The van der Waals surface area contributed by atoms with Crippen LogP contribution in [0.5, 0.6) is 11.6 Å². The molecule has 0 fully saturated rings. The van der Waals surface area contributed by atoms with E-state index in [-0.39, 0.29) is 11.6 Å². The van der Waals surface area contributed by atoms with Crippen LogP contribution in [0.4, 0.5) is 19.0 Å². The number of aromatic nitrogens is 2. The molecule has 0 aliphatic carbocycles. The number of anilines is 1.